The molecule has 46 heavy (non-hydrogen) atoms. The average molecular weight is 621 g/mol. The van der Waals surface area contributed by atoms with Crippen molar-refractivity contribution in [3.8, 4) is 11.5 Å². The summed E-state index contributed by atoms with van der Waals surface area (Å²) in [4.78, 5) is 22.4. The molecular formula is C35H36N6O5. The highest BCUT2D eigenvalue weighted by Crippen LogP contribution is 2.45. The maximum atomic E-state index is 14.4. The summed E-state index contributed by atoms with van der Waals surface area (Å²) in [5.74, 6) is 1.28. The van der Waals surface area contributed by atoms with Crippen LogP contribution in [0, 0.1) is 0 Å². The SMILES string of the molecule is COc1ccc(CCNNC(=O)[C@@]2(Cc3ccccc3)N=C(c3ccc(OCCCO)cc3)O[C@H]2c2ccccc2N=[N+]=[N-])cc1. The van der Waals surface area contributed by atoms with Gasteiger partial charge in [0.2, 0.25) is 5.90 Å². The maximum Gasteiger partial charge on any atom is 0.266 e. The molecule has 1 heterocycles. The molecule has 4 aromatic rings. The fraction of sp³-hybridized carbons (Fsp3) is 0.257. The van der Waals surface area contributed by atoms with Gasteiger partial charge in [0.05, 0.1) is 13.7 Å². The highest BCUT2D eigenvalue weighted by Gasteiger charge is 2.54. The second-order valence-electron chi connectivity index (χ2n) is 10.7. The van der Waals surface area contributed by atoms with Gasteiger partial charge < -0.3 is 19.3 Å². The van der Waals surface area contributed by atoms with E-state index in [9.17, 15) is 10.3 Å². The Morgan fingerprint density at radius 1 is 0.978 bits per heavy atom. The fourth-order valence-corrected chi connectivity index (χ4v) is 5.26. The molecule has 3 N–H and O–H groups in total. The number of carbonyl (C=O) groups excluding carboxylic acids is 1. The van der Waals surface area contributed by atoms with E-state index in [4.69, 9.17) is 24.3 Å². The number of nitrogens with one attached hydrogen (secondary N) is 2. The molecule has 0 aliphatic carbocycles. The van der Waals surface area contributed by atoms with E-state index in [-0.39, 0.29) is 18.9 Å². The van der Waals surface area contributed by atoms with Gasteiger partial charge in [-0.1, -0.05) is 71.8 Å². The first-order valence-electron chi connectivity index (χ1n) is 15.0. The monoisotopic (exact) mass is 620 g/mol. The number of aliphatic imine (C=N–C) groups is 1. The molecule has 0 aromatic heterocycles. The topological polar surface area (TPSA) is 150 Å². The van der Waals surface area contributed by atoms with Gasteiger partial charge in [-0.3, -0.25) is 10.2 Å². The normalized spacial score (nSPS) is 16.9. The van der Waals surface area contributed by atoms with Crippen LogP contribution in [-0.2, 0) is 22.4 Å². The molecule has 0 saturated carbocycles. The van der Waals surface area contributed by atoms with Gasteiger partial charge in [0.25, 0.3) is 5.91 Å². The summed E-state index contributed by atoms with van der Waals surface area (Å²) in [6.45, 7) is 0.898. The van der Waals surface area contributed by atoms with Crippen LogP contribution in [0.2, 0.25) is 0 Å². The number of aliphatic hydroxyl groups is 1. The number of amides is 1. The number of hydrogen-bond acceptors (Lipinski definition) is 8. The van der Waals surface area contributed by atoms with Crippen molar-refractivity contribution >= 4 is 17.5 Å². The Labute approximate surface area is 267 Å². The minimum atomic E-state index is -1.47. The van der Waals surface area contributed by atoms with Gasteiger partial charge in [0, 0.05) is 47.7 Å². The van der Waals surface area contributed by atoms with Crippen LogP contribution in [0.1, 0.15) is 34.8 Å². The van der Waals surface area contributed by atoms with Crippen LogP contribution in [0.4, 0.5) is 5.69 Å². The predicted octanol–water partition coefficient (Wildman–Crippen LogP) is 5.76. The smallest absolute Gasteiger partial charge is 0.266 e. The maximum absolute atomic E-state index is 14.4. The first-order valence-corrected chi connectivity index (χ1v) is 15.0. The Morgan fingerprint density at radius 2 is 1.70 bits per heavy atom. The van der Waals surface area contributed by atoms with Crippen molar-refractivity contribution in [1.82, 2.24) is 10.9 Å². The molecule has 11 nitrogen and oxygen atoms in total. The van der Waals surface area contributed by atoms with Crippen molar-refractivity contribution in [3.05, 3.63) is 136 Å². The molecule has 0 unspecified atom stereocenters. The van der Waals surface area contributed by atoms with E-state index >= 15 is 0 Å². The van der Waals surface area contributed by atoms with Crippen molar-refractivity contribution in [2.24, 2.45) is 10.1 Å². The number of rotatable bonds is 15. The second-order valence-corrected chi connectivity index (χ2v) is 10.7. The van der Waals surface area contributed by atoms with Gasteiger partial charge in [-0.15, -0.1) is 0 Å². The zero-order chi connectivity index (χ0) is 32.2. The van der Waals surface area contributed by atoms with Gasteiger partial charge in [-0.05, 0) is 59.5 Å². The Hall–Kier alpha value is -5.35. The first-order chi connectivity index (χ1) is 22.6. The Balaban J connectivity index is 1.49. The number of hydrazine groups is 1. The fourth-order valence-electron chi connectivity index (χ4n) is 5.26. The van der Waals surface area contributed by atoms with Gasteiger partial charge in [0.1, 0.15) is 11.5 Å². The number of azide groups is 1. The Kier molecular flexibility index (Phi) is 10.9. The Bertz CT molecular complexity index is 1670. The third-order valence-electron chi connectivity index (χ3n) is 7.62. The summed E-state index contributed by atoms with van der Waals surface area (Å²) in [6, 6.07) is 31.6. The van der Waals surface area contributed by atoms with Gasteiger partial charge in [0.15, 0.2) is 11.6 Å². The molecule has 0 bridgehead atoms. The van der Waals surface area contributed by atoms with Crippen LogP contribution in [0.5, 0.6) is 11.5 Å². The van der Waals surface area contributed by atoms with Crippen molar-refractivity contribution in [2.45, 2.75) is 30.9 Å². The molecule has 11 heteroatoms. The molecule has 1 aliphatic heterocycles. The average Bonchev–Trinajstić information content (AvgIpc) is 3.48. The molecule has 5 rings (SSSR count). The number of ether oxygens (including phenoxy) is 3. The molecule has 0 spiro atoms. The van der Waals surface area contributed by atoms with Gasteiger partial charge in [-0.25, -0.2) is 10.4 Å². The largest absolute Gasteiger partial charge is 0.497 e. The van der Waals surface area contributed by atoms with E-state index in [1.807, 2.05) is 72.8 Å². The summed E-state index contributed by atoms with van der Waals surface area (Å²) >= 11 is 0. The number of aliphatic hydroxyl groups excluding tert-OH is 1. The second kappa shape index (κ2) is 15.6. The molecular weight excluding hydrogens is 584 g/mol. The molecule has 1 amide bonds. The van der Waals surface area contributed by atoms with Gasteiger partial charge in [-0.2, -0.15) is 0 Å². The van der Waals surface area contributed by atoms with Gasteiger partial charge >= 0.3 is 0 Å². The molecule has 2 atom stereocenters. The molecule has 0 saturated heterocycles. The molecule has 0 radical (unpaired) electrons. The van der Waals surface area contributed by atoms with E-state index < -0.39 is 17.6 Å². The first kappa shape index (κ1) is 32.1. The van der Waals surface area contributed by atoms with E-state index in [0.717, 1.165) is 16.9 Å². The quantitative estimate of drug-likeness (QED) is 0.0506. The van der Waals surface area contributed by atoms with Crippen LogP contribution in [-0.4, -0.2) is 49.3 Å². The summed E-state index contributed by atoms with van der Waals surface area (Å²) in [5.41, 5.74) is 17.3. The Morgan fingerprint density at radius 3 is 2.41 bits per heavy atom. The van der Waals surface area contributed by atoms with Crippen LogP contribution in [0.15, 0.2) is 113 Å². The summed E-state index contributed by atoms with van der Waals surface area (Å²) in [7, 11) is 1.63. The zero-order valence-corrected chi connectivity index (χ0v) is 25.5. The molecule has 236 valence electrons. The number of hydrogen-bond donors (Lipinski definition) is 3. The highest BCUT2D eigenvalue weighted by atomic mass is 16.5. The van der Waals surface area contributed by atoms with E-state index in [1.54, 1.807) is 37.4 Å². The van der Waals surface area contributed by atoms with Crippen LogP contribution in [0.25, 0.3) is 10.4 Å². The lowest BCUT2D eigenvalue weighted by Crippen LogP contribution is -2.54. The number of carbonyl (C=O) groups is 1. The standard InChI is InChI=1S/C35H36N6O5/c1-44-28-16-12-25(13-17-28)20-21-37-40-34(43)35(24-26-8-3-2-4-9-26)32(30-10-5-6-11-31(30)39-41-36)46-33(38-35)27-14-18-29(19-15-27)45-23-7-22-42/h2-6,8-19,32,37,42H,7,20-24H2,1H3,(H,40,43)/t32-,35-/m0/s1. The van der Waals surface area contributed by atoms with Crippen molar-refractivity contribution < 1.29 is 24.1 Å². The lowest BCUT2D eigenvalue weighted by Gasteiger charge is -2.31. The van der Waals surface area contributed by atoms with E-state index in [1.165, 1.54) is 0 Å². The van der Waals surface area contributed by atoms with Crippen LogP contribution >= 0.6 is 0 Å². The number of methoxy groups -OCH3 is 1. The molecule has 0 fully saturated rings. The minimum Gasteiger partial charge on any atom is -0.497 e. The third-order valence-corrected chi connectivity index (χ3v) is 7.62. The van der Waals surface area contributed by atoms with Crippen molar-refractivity contribution in [2.75, 3.05) is 26.9 Å². The predicted molar refractivity (Wildman–Crippen MR) is 175 cm³/mol. The van der Waals surface area contributed by atoms with Crippen molar-refractivity contribution in [1.29, 1.82) is 0 Å². The van der Waals surface area contributed by atoms with E-state index in [2.05, 4.69) is 20.9 Å². The van der Waals surface area contributed by atoms with Crippen molar-refractivity contribution in [3.63, 3.8) is 0 Å². The number of nitrogens with zero attached hydrogens (tertiary/aromatic N) is 4. The summed E-state index contributed by atoms with van der Waals surface area (Å²) in [6.07, 6.45) is 0.473. The summed E-state index contributed by atoms with van der Waals surface area (Å²) < 4.78 is 17.5. The minimum absolute atomic E-state index is 0.0450. The molecule has 1 aliphatic rings. The summed E-state index contributed by atoms with van der Waals surface area (Å²) in [5, 5.41) is 13.0. The van der Waals surface area contributed by atoms with E-state index in [0.29, 0.717) is 48.6 Å². The van der Waals surface area contributed by atoms with Crippen LogP contribution < -0.4 is 20.3 Å². The lowest BCUT2D eigenvalue weighted by atomic mass is 9.81. The third kappa shape index (κ3) is 7.65. The number of benzene rings is 4. The lowest BCUT2D eigenvalue weighted by molar-refractivity contribution is -0.130. The highest BCUT2D eigenvalue weighted by molar-refractivity contribution is 6.01. The molecule has 4 aromatic carbocycles. The van der Waals surface area contributed by atoms with Crippen LogP contribution in [0.3, 0.4) is 0 Å². The zero-order valence-electron chi connectivity index (χ0n) is 25.5.